The lowest BCUT2D eigenvalue weighted by Crippen LogP contribution is -2.16. The van der Waals surface area contributed by atoms with Crippen LogP contribution in [0.5, 0.6) is 5.75 Å². The maximum atomic E-state index is 11.5. The van der Waals surface area contributed by atoms with E-state index in [1.54, 1.807) is 12.1 Å². The highest BCUT2D eigenvalue weighted by Crippen LogP contribution is 2.19. The molecule has 2 N–H and O–H groups in total. The Morgan fingerprint density at radius 3 is 2.56 bits per heavy atom. The van der Waals surface area contributed by atoms with Crippen molar-refractivity contribution in [2.45, 2.75) is 6.42 Å². The van der Waals surface area contributed by atoms with Crippen LogP contribution in [0.1, 0.15) is 6.42 Å². The molecule has 0 amide bonds. The van der Waals surface area contributed by atoms with Crippen LogP contribution in [-0.2, 0) is 14.6 Å². The van der Waals surface area contributed by atoms with E-state index < -0.39 is 9.84 Å². The van der Waals surface area contributed by atoms with E-state index in [-0.39, 0.29) is 18.1 Å². The normalized spacial score (nSPS) is 11.4. The van der Waals surface area contributed by atoms with E-state index in [0.29, 0.717) is 24.5 Å². The SMILES string of the molecule is COCCS(=O)(=O)CCCOc1ccccc1N. The third-order valence-electron chi connectivity index (χ3n) is 2.37. The average Bonchev–Trinajstić information content (AvgIpc) is 2.34. The van der Waals surface area contributed by atoms with Gasteiger partial charge in [0, 0.05) is 7.11 Å². The summed E-state index contributed by atoms with van der Waals surface area (Å²) in [5.41, 5.74) is 6.25. The zero-order chi connectivity index (χ0) is 13.4. The van der Waals surface area contributed by atoms with Gasteiger partial charge in [-0.2, -0.15) is 0 Å². The van der Waals surface area contributed by atoms with Gasteiger partial charge < -0.3 is 15.2 Å². The van der Waals surface area contributed by atoms with Crippen molar-refractivity contribution in [2.24, 2.45) is 0 Å². The molecule has 0 heterocycles. The first-order chi connectivity index (χ1) is 8.55. The summed E-state index contributed by atoms with van der Waals surface area (Å²) in [7, 11) is -1.56. The molecule has 1 aromatic carbocycles. The van der Waals surface area contributed by atoms with Crippen molar-refractivity contribution in [1.29, 1.82) is 0 Å². The van der Waals surface area contributed by atoms with Gasteiger partial charge in [0.15, 0.2) is 9.84 Å². The molecule has 0 aliphatic heterocycles. The molecule has 0 fully saturated rings. The first-order valence-electron chi connectivity index (χ1n) is 5.72. The van der Waals surface area contributed by atoms with E-state index in [1.807, 2.05) is 12.1 Å². The van der Waals surface area contributed by atoms with E-state index in [0.717, 1.165) is 0 Å². The zero-order valence-corrected chi connectivity index (χ0v) is 11.3. The molecule has 1 aromatic rings. The number of para-hydroxylation sites is 2. The van der Waals surface area contributed by atoms with Gasteiger partial charge in [0.05, 0.1) is 30.4 Å². The second-order valence-electron chi connectivity index (χ2n) is 3.88. The fourth-order valence-electron chi connectivity index (χ4n) is 1.39. The third-order valence-corrected chi connectivity index (χ3v) is 4.07. The highest BCUT2D eigenvalue weighted by molar-refractivity contribution is 7.91. The fraction of sp³-hybridized carbons (Fsp3) is 0.500. The molecule has 0 saturated heterocycles. The first-order valence-corrected chi connectivity index (χ1v) is 7.54. The second kappa shape index (κ2) is 7.23. The number of methoxy groups -OCH3 is 1. The number of sulfone groups is 1. The van der Waals surface area contributed by atoms with Gasteiger partial charge >= 0.3 is 0 Å². The third kappa shape index (κ3) is 5.37. The molecule has 0 aliphatic rings. The van der Waals surface area contributed by atoms with Crippen molar-refractivity contribution in [2.75, 3.05) is 37.6 Å². The minimum Gasteiger partial charge on any atom is -0.491 e. The smallest absolute Gasteiger partial charge is 0.152 e. The molecule has 0 aliphatic carbocycles. The molecular formula is C12H19NO4S. The van der Waals surface area contributed by atoms with Crippen molar-refractivity contribution in [3.05, 3.63) is 24.3 Å². The maximum absolute atomic E-state index is 11.5. The Bertz CT molecular complexity index is 459. The van der Waals surface area contributed by atoms with Gasteiger partial charge in [-0.3, -0.25) is 0 Å². The Morgan fingerprint density at radius 2 is 1.89 bits per heavy atom. The molecule has 0 spiro atoms. The zero-order valence-electron chi connectivity index (χ0n) is 10.5. The average molecular weight is 273 g/mol. The molecule has 102 valence electrons. The lowest BCUT2D eigenvalue weighted by molar-refractivity contribution is 0.217. The van der Waals surface area contributed by atoms with E-state index in [2.05, 4.69) is 0 Å². The molecule has 0 aromatic heterocycles. The number of rotatable bonds is 8. The van der Waals surface area contributed by atoms with Gasteiger partial charge in [0.2, 0.25) is 0 Å². The molecule has 5 nitrogen and oxygen atoms in total. The van der Waals surface area contributed by atoms with Gasteiger partial charge in [0.25, 0.3) is 0 Å². The van der Waals surface area contributed by atoms with Crippen LogP contribution in [0.3, 0.4) is 0 Å². The Balaban J connectivity index is 2.29. The summed E-state index contributed by atoms with van der Waals surface area (Å²) in [6.07, 6.45) is 0.445. The van der Waals surface area contributed by atoms with Crippen molar-refractivity contribution in [3.8, 4) is 5.75 Å². The molecule has 1 rings (SSSR count). The lowest BCUT2D eigenvalue weighted by Gasteiger charge is -2.08. The molecule has 18 heavy (non-hydrogen) atoms. The van der Waals surface area contributed by atoms with E-state index in [9.17, 15) is 8.42 Å². The molecule has 6 heteroatoms. The lowest BCUT2D eigenvalue weighted by atomic mass is 10.3. The predicted molar refractivity (Wildman–Crippen MR) is 71.5 cm³/mol. The Kier molecular flexibility index (Phi) is 5.94. The van der Waals surface area contributed by atoms with Crippen molar-refractivity contribution < 1.29 is 17.9 Å². The summed E-state index contributed by atoms with van der Waals surface area (Å²) in [4.78, 5) is 0. The van der Waals surface area contributed by atoms with Crippen LogP contribution in [-0.4, -0.2) is 40.2 Å². The summed E-state index contributed by atoms with van der Waals surface area (Å²) in [6, 6.07) is 7.14. The number of anilines is 1. The molecular weight excluding hydrogens is 254 g/mol. The van der Waals surface area contributed by atoms with E-state index in [1.165, 1.54) is 7.11 Å². The molecule has 0 unspecified atom stereocenters. The van der Waals surface area contributed by atoms with Crippen LogP contribution >= 0.6 is 0 Å². The number of ether oxygens (including phenoxy) is 2. The number of hydrogen-bond acceptors (Lipinski definition) is 5. The van der Waals surface area contributed by atoms with Crippen LogP contribution in [0, 0.1) is 0 Å². The first kappa shape index (κ1) is 14.8. The topological polar surface area (TPSA) is 78.6 Å². The summed E-state index contributed by atoms with van der Waals surface area (Å²) in [5, 5.41) is 0. The van der Waals surface area contributed by atoms with Gasteiger partial charge in [-0.25, -0.2) is 8.42 Å². The van der Waals surface area contributed by atoms with Gasteiger partial charge in [0.1, 0.15) is 5.75 Å². The maximum Gasteiger partial charge on any atom is 0.152 e. The highest BCUT2D eigenvalue weighted by Gasteiger charge is 2.10. The van der Waals surface area contributed by atoms with Gasteiger partial charge in [-0.1, -0.05) is 12.1 Å². The molecule has 0 radical (unpaired) electrons. The van der Waals surface area contributed by atoms with Crippen LogP contribution in [0.2, 0.25) is 0 Å². The van der Waals surface area contributed by atoms with Gasteiger partial charge in [-0.15, -0.1) is 0 Å². The Labute approximate surface area is 108 Å². The van der Waals surface area contributed by atoms with Crippen molar-refractivity contribution >= 4 is 15.5 Å². The summed E-state index contributed by atoms with van der Waals surface area (Å²) >= 11 is 0. The fourth-order valence-corrected chi connectivity index (χ4v) is 2.57. The largest absolute Gasteiger partial charge is 0.491 e. The van der Waals surface area contributed by atoms with Crippen molar-refractivity contribution in [1.82, 2.24) is 0 Å². The molecule has 0 atom stereocenters. The standard InChI is InChI=1S/C12H19NO4S/c1-16-8-10-18(14,15)9-4-7-17-12-6-3-2-5-11(12)13/h2-3,5-6H,4,7-10,13H2,1H3. The highest BCUT2D eigenvalue weighted by atomic mass is 32.2. The summed E-state index contributed by atoms with van der Waals surface area (Å²) in [5.74, 6) is 0.742. The van der Waals surface area contributed by atoms with Crippen molar-refractivity contribution in [3.63, 3.8) is 0 Å². The van der Waals surface area contributed by atoms with Crippen LogP contribution in [0.25, 0.3) is 0 Å². The molecule has 0 bridgehead atoms. The van der Waals surface area contributed by atoms with Crippen LogP contribution < -0.4 is 10.5 Å². The van der Waals surface area contributed by atoms with Crippen LogP contribution in [0.4, 0.5) is 5.69 Å². The summed E-state index contributed by atoms with van der Waals surface area (Å²) < 4.78 is 33.2. The minimum absolute atomic E-state index is 0.0526. The number of nitrogen functional groups attached to an aromatic ring is 1. The van der Waals surface area contributed by atoms with Gasteiger partial charge in [-0.05, 0) is 18.6 Å². The number of benzene rings is 1. The minimum atomic E-state index is -3.04. The van der Waals surface area contributed by atoms with E-state index in [4.69, 9.17) is 15.2 Å². The summed E-state index contributed by atoms with van der Waals surface area (Å²) in [6.45, 7) is 0.565. The number of hydrogen-bond donors (Lipinski definition) is 1. The Hall–Kier alpha value is -1.27. The van der Waals surface area contributed by atoms with E-state index >= 15 is 0 Å². The second-order valence-corrected chi connectivity index (χ2v) is 6.19. The molecule has 0 saturated carbocycles. The Morgan fingerprint density at radius 1 is 1.17 bits per heavy atom. The predicted octanol–water partition coefficient (Wildman–Crippen LogP) is 1.10. The number of nitrogens with two attached hydrogens (primary N) is 1. The quantitative estimate of drug-likeness (QED) is 0.567. The monoisotopic (exact) mass is 273 g/mol. The van der Waals surface area contributed by atoms with Crippen LogP contribution in [0.15, 0.2) is 24.3 Å².